The van der Waals surface area contributed by atoms with Crippen LogP contribution in [0.5, 0.6) is 11.5 Å². The van der Waals surface area contributed by atoms with E-state index in [1.54, 1.807) is 12.1 Å². The van der Waals surface area contributed by atoms with Gasteiger partial charge in [0.05, 0.1) is 5.39 Å². The maximum atomic E-state index is 12.9. The first-order valence-corrected chi connectivity index (χ1v) is 11.8. The van der Waals surface area contributed by atoms with Crippen LogP contribution >= 0.6 is 0 Å². The quantitative estimate of drug-likeness (QED) is 0.195. The summed E-state index contributed by atoms with van der Waals surface area (Å²) in [5, 5.41) is 13.4. The number of rotatable bonds is 8. The van der Waals surface area contributed by atoms with E-state index in [2.05, 4.69) is 5.32 Å². The molecule has 1 heterocycles. The molecule has 1 amide bonds. The molecule has 1 aromatic heterocycles. The Morgan fingerprint density at radius 2 is 1.86 bits per heavy atom. The fourth-order valence-electron chi connectivity index (χ4n) is 3.91. The molecule has 0 fully saturated rings. The number of fused-ring (bicyclic) bond motifs is 2. The summed E-state index contributed by atoms with van der Waals surface area (Å²) < 4.78 is 16.6. The number of unbranched alkanes of at least 4 members (excludes halogenated alkanes) is 1. The minimum Gasteiger partial charge on any atom is -0.507 e. The van der Waals surface area contributed by atoms with E-state index in [9.17, 15) is 19.5 Å². The van der Waals surface area contributed by atoms with Crippen LogP contribution < -0.4 is 15.5 Å². The lowest BCUT2D eigenvalue weighted by Gasteiger charge is -2.17. The zero-order chi connectivity index (χ0) is 25.7. The van der Waals surface area contributed by atoms with Crippen molar-refractivity contribution in [3.63, 3.8) is 0 Å². The molecule has 186 valence electrons. The first-order chi connectivity index (χ1) is 17.4. The van der Waals surface area contributed by atoms with E-state index in [0.29, 0.717) is 23.8 Å². The highest BCUT2D eigenvalue weighted by Gasteiger charge is 2.24. The average molecular weight is 490 g/mol. The van der Waals surface area contributed by atoms with Gasteiger partial charge in [-0.05, 0) is 30.5 Å². The van der Waals surface area contributed by atoms with Gasteiger partial charge >= 0.3 is 12.1 Å². The van der Waals surface area contributed by atoms with Crippen molar-refractivity contribution in [1.29, 1.82) is 0 Å². The summed E-state index contributed by atoms with van der Waals surface area (Å²) in [6, 6.07) is 16.0. The maximum Gasteiger partial charge on any atom is 0.408 e. The van der Waals surface area contributed by atoms with Crippen molar-refractivity contribution in [2.45, 2.75) is 45.8 Å². The summed E-state index contributed by atoms with van der Waals surface area (Å²) in [6.45, 7) is 3.83. The van der Waals surface area contributed by atoms with Crippen LogP contribution in [0.15, 0.2) is 69.9 Å². The first-order valence-electron chi connectivity index (χ1n) is 11.8. The van der Waals surface area contributed by atoms with Crippen molar-refractivity contribution >= 4 is 34.0 Å². The predicted octanol–water partition coefficient (Wildman–Crippen LogP) is 5.35. The molecule has 1 atom stereocenters. The number of alkyl carbamates (subject to hydrolysis) is 1. The number of para-hydroxylation sites is 1. The molecule has 0 aliphatic rings. The molecule has 8 nitrogen and oxygen atoms in total. The highest BCUT2D eigenvalue weighted by molar-refractivity contribution is 5.95. The van der Waals surface area contributed by atoms with Crippen LogP contribution in [-0.4, -0.2) is 23.2 Å². The molecule has 4 rings (SSSR count). The Bertz CT molecular complexity index is 1460. The molecule has 8 heteroatoms. The second-order valence-corrected chi connectivity index (χ2v) is 8.52. The number of nitrogens with one attached hydrogen (secondary N) is 1. The number of phenolic OH excluding ortho intramolecular Hbond substituents is 1. The first kappa shape index (κ1) is 24.8. The van der Waals surface area contributed by atoms with E-state index in [4.69, 9.17) is 13.9 Å². The number of esters is 1. The third-order valence-corrected chi connectivity index (χ3v) is 5.80. The number of aryl methyl sites for hydroxylation is 1. The second-order valence-electron chi connectivity index (χ2n) is 8.52. The monoisotopic (exact) mass is 489 g/mol. The Morgan fingerprint density at radius 3 is 2.61 bits per heavy atom. The summed E-state index contributed by atoms with van der Waals surface area (Å²) in [6.07, 6.45) is 1.07. The molecular formula is C28H27NO7. The molecule has 4 aromatic rings. The molecular weight excluding hydrogens is 462 g/mol. The third kappa shape index (κ3) is 5.49. The molecule has 0 bridgehead atoms. The van der Waals surface area contributed by atoms with Gasteiger partial charge in [0.15, 0.2) is 0 Å². The minimum atomic E-state index is -0.961. The largest absolute Gasteiger partial charge is 0.507 e. The predicted molar refractivity (Wildman–Crippen MR) is 135 cm³/mol. The standard InChI is InChI=1S/C28H27NO7/c1-3-4-13-21(29-28(33)34-16-18-10-6-5-7-11-18)27(32)35-19-14-22(30)24-23(15-19)36-26-17(2)9-8-12-20(26)25(24)31/h5-12,14-15,21,30H,3-4,13,16H2,1-2H3,(H,29,33)/t21-/m0/s1. The number of hydrogen-bond donors (Lipinski definition) is 2. The molecule has 0 aliphatic heterocycles. The van der Waals surface area contributed by atoms with Crippen LogP contribution in [0.1, 0.15) is 37.3 Å². The lowest BCUT2D eigenvalue weighted by molar-refractivity contribution is -0.136. The summed E-state index contributed by atoms with van der Waals surface area (Å²) >= 11 is 0. The number of aromatic hydroxyl groups is 1. The smallest absolute Gasteiger partial charge is 0.408 e. The van der Waals surface area contributed by atoms with E-state index in [0.717, 1.165) is 17.5 Å². The van der Waals surface area contributed by atoms with E-state index >= 15 is 0 Å². The van der Waals surface area contributed by atoms with Crippen molar-refractivity contribution < 1.29 is 28.6 Å². The molecule has 0 unspecified atom stereocenters. The Hall–Kier alpha value is -4.33. The fraction of sp³-hybridized carbons (Fsp3) is 0.250. The van der Waals surface area contributed by atoms with E-state index in [1.807, 2.05) is 50.2 Å². The van der Waals surface area contributed by atoms with Gasteiger partial charge < -0.3 is 24.3 Å². The van der Waals surface area contributed by atoms with Gasteiger partial charge in [-0.1, -0.05) is 62.2 Å². The van der Waals surface area contributed by atoms with Gasteiger partial charge in [0.1, 0.15) is 40.7 Å². The molecule has 0 aliphatic carbocycles. The molecule has 3 aromatic carbocycles. The van der Waals surface area contributed by atoms with E-state index in [-0.39, 0.29) is 34.5 Å². The van der Waals surface area contributed by atoms with Crippen LogP contribution in [0.4, 0.5) is 4.79 Å². The zero-order valence-corrected chi connectivity index (χ0v) is 20.1. The lowest BCUT2D eigenvalue weighted by atomic mass is 10.1. The van der Waals surface area contributed by atoms with Crippen LogP contribution in [0, 0.1) is 6.92 Å². The Kier molecular flexibility index (Phi) is 7.53. The molecule has 0 saturated heterocycles. The highest BCUT2D eigenvalue weighted by atomic mass is 16.6. The van der Waals surface area contributed by atoms with Gasteiger partial charge in [0, 0.05) is 12.1 Å². The Morgan fingerprint density at radius 1 is 1.08 bits per heavy atom. The van der Waals surface area contributed by atoms with Crippen molar-refractivity contribution in [3.8, 4) is 11.5 Å². The van der Waals surface area contributed by atoms with Gasteiger partial charge in [-0.25, -0.2) is 9.59 Å². The summed E-state index contributed by atoms with van der Waals surface area (Å²) in [5.74, 6) is -1.10. The van der Waals surface area contributed by atoms with Crippen molar-refractivity contribution in [1.82, 2.24) is 5.32 Å². The number of ether oxygens (including phenoxy) is 2. The Balaban J connectivity index is 1.54. The molecule has 36 heavy (non-hydrogen) atoms. The van der Waals surface area contributed by atoms with E-state index < -0.39 is 18.1 Å². The number of amides is 1. The van der Waals surface area contributed by atoms with Crippen LogP contribution in [0.2, 0.25) is 0 Å². The van der Waals surface area contributed by atoms with Crippen molar-refractivity contribution in [2.75, 3.05) is 0 Å². The number of carbonyl (C=O) groups excluding carboxylic acids is 2. The SMILES string of the molecule is CCCC[C@H](NC(=O)OCc1ccccc1)C(=O)Oc1cc(O)c2c(=O)c3cccc(C)c3oc2c1. The molecule has 0 spiro atoms. The zero-order valence-electron chi connectivity index (χ0n) is 20.1. The number of hydrogen-bond acceptors (Lipinski definition) is 7. The lowest BCUT2D eigenvalue weighted by Crippen LogP contribution is -2.43. The van der Waals surface area contributed by atoms with Crippen LogP contribution in [0.3, 0.4) is 0 Å². The van der Waals surface area contributed by atoms with Crippen molar-refractivity contribution in [2.24, 2.45) is 0 Å². The summed E-state index contributed by atoms with van der Waals surface area (Å²) in [7, 11) is 0. The number of phenols is 1. The van der Waals surface area contributed by atoms with E-state index in [1.165, 1.54) is 12.1 Å². The van der Waals surface area contributed by atoms with Gasteiger partial charge in [0.25, 0.3) is 0 Å². The Labute approximate surface area is 207 Å². The number of carbonyl (C=O) groups is 2. The van der Waals surface area contributed by atoms with Crippen molar-refractivity contribution in [3.05, 3.63) is 82.0 Å². The molecule has 0 radical (unpaired) electrons. The summed E-state index contributed by atoms with van der Waals surface area (Å²) in [4.78, 5) is 38.2. The van der Waals surface area contributed by atoms with Gasteiger partial charge in [-0.3, -0.25) is 4.79 Å². The number of benzene rings is 3. The minimum absolute atomic E-state index is 0.00181. The van der Waals surface area contributed by atoms with Crippen LogP contribution in [0.25, 0.3) is 21.9 Å². The normalized spacial score (nSPS) is 11.8. The van der Waals surface area contributed by atoms with Crippen LogP contribution in [-0.2, 0) is 16.1 Å². The molecule has 0 saturated carbocycles. The topological polar surface area (TPSA) is 115 Å². The third-order valence-electron chi connectivity index (χ3n) is 5.80. The van der Waals surface area contributed by atoms with Gasteiger partial charge in [-0.2, -0.15) is 0 Å². The highest BCUT2D eigenvalue weighted by Crippen LogP contribution is 2.31. The molecule has 2 N–H and O–H groups in total. The second kappa shape index (κ2) is 10.9. The summed E-state index contributed by atoms with van der Waals surface area (Å²) in [5.41, 5.74) is 1.67. The maximum absolute atomic E-state index is 12.9. The average Bonchev–Trinajstić information content (AvgIpc) is 2.86. The van der Waals surface area contributed by atoms with Gasteiger partial charge in [-0.15, -0.1) is 0 Å². The van der Waals surface area contributed by atoms with Gasteiger partial charge in [0.2, 0.25) is 5.43 Å². The fourth-order valence-corrected chi connectivity index (χ4v) is 3.91.